The zero-order valence-corrected chi connectivity index (χ0v) is 6.75. The molecule has 1 aromatic carbocycles. The molecule has 0 aliphatic carbocycles. The minimum Gasteiger partial charge on any atom is -0.299 e. The largest absolute Gasteiger partial charge is 0.299 e. The van der Waals surface area contributed by atoms with Crippen LogP contribution < -0.4 is 0 Å². The SMILES string of the molecule is Cc1cccc(C=CC=O)c1F. The van der Waals surface area contributed by atoms with E-state index in [1.54, 1.807) is 25.1 Å². The van der Waals surface area contributed by atoms with Crippen molar-refractivity contribution in [3.05, 3.63) is 41.2 Å². The third kappa shape index (κ3) is 1.78. The van der Waals surface area contributed by atoms with E-state index in [-0.39, 0.29) is 5.82 Å². The molecule has 12 heavy (non-hydrogen) atoms. The molecule has 0 amide bonds. The van der Waals surface area contributed by atoms with Crippen LogP contribution in [0, 0.1) is 12.7 Å². The van der Waals surface area contributed by atoms with E-state index >= 15 is 0 Å². The van der Waals surface area contributed by atoms with Crippen LogP contribution in [0.3, 0.4) is 0 Å². The molecular formula is C10H9FO. The van der Waals surface area contributed by atoms with Gasteiger partial charge in [-0.15, -0.1) is 0 Å². The number of carbonyl (C=O) groups excluding carboxylic acids is 1. The first-order chi connectivity index (χ1) is 5.75. The van der Waals surface area contributed by atoms with Gasteiger partial charge in [0.1, 0.15) is 12.1 Å². The van der Waals surface area contributed by atoms with E-state index in [4.69, 9.17) is 0 Å². The molecule has 0 aromatic heterocycles. The number of allylic oxidation sites excluding steroid dienone is 1. The summed E-state index contributed by atoms with van der Waals surface area (Å²) in [4.78, 5) is 9.97. The molecule has 0 unspecified atom stereocenters. The molecule has 0 saturated heterocycles. The Bertz CT molecular complexity index is 316. The summed E-state index contributed by atoms with van der Waals surface area (Å²) in [7, 11) is 0. The van der Waals surface area contributed by atoms with E-state index < -0.39 is 0 Å². The zero-order chi connectivity index (χ0) is 8.97. The van der Waals surface area contributed by atoms with Crippen LogP contribution in [0.1, 0.15) is 11.1 Å². The van der Waals surface area contributed by atoms with Gasteiger partial charge in [0.2, 0.25) is 0 Å². The van der Waals surface area contributed by atoms with Crippen LogP contribution >= 0.6 is 0 Å². The Morgan fingerprint density at radius 3 is 2.83 bits per heavy atom. The fourth-order valence-corrected chi connectivity index (χ4v) is 0.942. The van der Waals surface area contributed by atoms with Gasteiger partial charge < -0.3 is 0 Å². The minimum absolute atomic E-state index is 0.268. The molecule has 62 valence electrons. The van der Waals surface area contributed by atoms with Gasteiger partial charge in [-0.3, -0.25) is 4.79 Å². The van der Waals surface area contributed by atoms with Gasteiger partial charge in [0.15, 0.2) is 0 Å². The summed E-state index contributed by atoms with van der Waals surface area (Å²) in [5.41, 5.74) is 1.03. The molecule has 1 aromatic rings. The van der Waals surface area contributed by atoms with Crippen LogP contribution in [0.4, 0.5) is 4.39 Å². The zero-order valence-electron chi connectivity index (χ0n) is 6.75. The van der Waals surface area contributed by atoms with E-state index in [1.165, 1.54) is 12.2 Å². The predicted molar refractivity (Wildman–Crippen MR) is 46.2 cm³/mol. The van der Waals surface area contributed by atoms with Crippen molar-refractivity contribution >= 4 is 12.4 Å². The molecule has 0 atom stereocenters. The Hall–Kier alpha value is -1.44. The number of aldehydes is 1. The van der Waals surface area contributed by atoms with Gasteiger partial charge in [0, 0.05) is 5.56 Å². The minimum atomic E-state index is -0.268. The van der Waals surface area contributed by atoms with Crippen molar-refractivity contribution in [1.29, 1.82) is 0 Å². The number of aryl methyl sites for hydroxylation is 1. The number of hydrogen-bond acceptors (Lipinski definition) is 1. The summed E-state index contributed by atoms with van der Waals surface area (Å²) in [6.45, 7) is 1.69. The van der Waals surface area contributed by atoms with Crippen molar-refractivity contribution < 1.29 is 9.18 Å². The molecule has 0 aliphatic rings. The molecule has 0 spiro atoms. The van der Waals surface area contributed by atoms with E-state index in [0.29, 0.717) is 17.4 Å². The van der Waals surface area contributed by atoms with Crippen LogP contribution in [0.2, 0.25) is 0 Å². The van der Waals surface area contributed by atoms with Gasteiger partial charge in [0.05, 0.1) is 0 Å². The maximum Gasteiger partial charge on any atom is 0.142 e. The van der Waals surface area contributed by atoms with Crippen molar-refractivity contribution in [2.75, 3.05) is 0 Å². The average Bonchev–Trinajstić information content (AvgIpc) is 2.08. The third-order valence-corrected chi connectivity index (χ3v) is 1.58. The lowest BCUT2D eigenvalue weighted by Crippen LogP contribution is -1.85. The number of halogens is 1. The Kier molecular flexibility index (Phi) is 2.75. The Morgan fingerprint density at radius 2 is 2.17 bits per heavy atom. The molecule has 0 heterocycles. The van der Waals surface area contributed by atoms with E-state index in [9.17, 15) is 9.18 Å². The van der Waals surface area contributed by atoms with E-state index in [1.807, 2.05) is 0 Å². The molecule has 0 radical (unpaired) electrons. The van der Waals surface area contributed by atoms with Gasteiger partial charge in [0.25, 0.3) is 0 Å². The van der Waals surface area contributed by atoms with Crippen molar-refractivity contribution in [3.63, 3.8) is 0 Å². The van der Waals surface area contributed by atoms with Crippen molar-refractivity contribution in [1.82, 2.24) is 0 Å². The highest BCUT2D eigenvalue weighted by Gasteiger charge is 1.99. The quantitative estimate of drug-likeness (QED) is 0.484. The Labute approximate surface area is 70.5 Å². The van der Waals surface area contributed by atoms with Gasteiger partial charge >= 0.3 is 0 Å². The lowest BCUT2D eigenvalue weighted by atomic mass is 10.1. The van der Waals surface area contributed by atoms with Crippen LogP contribution in [0.15, 0.2) is 24.3 Å². The lowest BCUT2D eigenvalue weighted by Gasteiger charge is -1.98. The van der Waals surface area contributed by atoms with Crippen molar-refractivity contribution in [2.45, 2.75) is 6.92 Å². The second kappa shape index (κ2) is 3.81. The summed E-state index contributed by atoms with van der Waals surface area (Å²) >= 11 is 0. The van der Waals surface area contributed by atoms with Crippen LogP contribution in [0.25, 0.3) is 6.08 Å². The monoisotopic (exact) mass is 164 g/mol. The molecule has 0 N–H and O–H groups in total. The first-order valence-electron chi connectivity index (χ1n) is 3.62. The fourth-order valence-electron chi connectivity index (χ4n) is 0.942. The normalized spacial score (nSPS) is 10.5. The maximum atomic E-state index is 13.2. The lowest BCUT2D eigenvalue weighted by molar-refractivity contribution is -0.104. The number of rotatable bonds is 2. The smallest absolute Gasteiger partial charge is 0.142 e. The average molecular weight is 164 g/mol. The fraction of sp³-hybridized carbons (Fsp3) is 0.100. The highest BCUT2D eigenvalue weighted by Crippen LogP contribution is 2.12. The first kappa shape index (κ1) is 8.65. The summed E-state index contributed by atoms with van der Waals surface area (Å²) in [6, 6.07) is 5.07. The van der Waals surface area contributed by atoms with E-state index in [0.717, 1.165) is 0 Å². The highest BCUT2D eigenvalue weighted by atomic mass is 19.1. The van der Waals surface area contributed by atoms with Gasteiger partial charge in [-0.05, 0) is 24.6 Å². The van der Waals surface area contributed by atoms with Crippen LogP contribution in [0.5, 0.6) is 0 Å². The van der Waals surface area contributed by atoms with E-state index in [2.05, 4.69) is 0 Å². The molecule has 0 saturated carbocycles. The number of benzene rings is 1. The molecule has 0 aliphatic heterocycles. The Morgan fingerprint density at radius 1 is 1.42 bits per heavy atom. The highest BCUT2D eigenvalue weighted by molar-refractivity contribution is 5.74. The maximum absolute atomic E-state index is 13.2. The molecule has 0 fully saturated rings. The van der Waals surface area contributed by atoms with Gasteiger partial charge in [-0.1, -0.05) is 18.2 Å². The molecule has 0 bridgehead atoms. The first-order valence-corrected chi connectivity index (χ1v) is 3.62. The number of hydrogen-bond donors (Lipinski definition) is 0. The van der Waals surface area contributed by atoms with Crippen LogP contribution in [-0.2, 0) is 4.79 Å². The third-order valence-electron chi connectivity index (χ3n) is 1.58. The Balaban J connectivity index is 3.07. The summed E-state index contributed by atoms with van der Waals surface area (Å²) in [5, 5.41) is 0. The summed E-state index contributed by atoms with van der Waals surface area (Å²) < 4.78 is 13.2. The summed E-state index contributed by atoms with van der Waals surface area (Å²) in [6.07, 6.45) is 3.36. The molecular weight excluding hydrogens is 155 g/mol. The second-order valence-electron chi connectivity index (χ2n) is 2.47. The van der Waals surface area contributed by atoms with Gasteiger partial charge in [-0.2, -0.15) is 0 Å². The molecule has 2 heteroatoms. The topological polar surface area (TPSA) is 17.1 Å². The molecule has 1 rings (SSSR count). The standard InChI is InChI=1S/C10H9FO/c1-8-4-2-5-9(10(8)11)6-3-7-12/h2-7H,1H3. The number of carbonyl (C=O) groups is 1. The van der Waals surface area contributed by atoms with Crippen molar-refractivity contribution in [3.8, 4) is 0 Å². The molecule has 1 nitrogen and oxygen atoms in total. The summed E-state index contributed by atoms with van der Waals surface area (Å²) in [5.74, 6) is -0.268. The van der Waals surface area contributed by atoms with Crippen LogP contribution in [-0.4, -0.2) is 6.29 Å². The predicted octanol–water partition coefficient (Wildman–Crippen LogP) is 2.35. The van der Waals surface area contributed by atoms with Gasteiger partial charge in [-0.25, -0.2) is 4.39 Å². The van der Waals surface area contributed by atoms with Crippen molar-refractivity contribution in [2.24, 2.45) is 0 Å². The second-order valence-corrected chi connectivity index (χ2v) is 2.47.